The van der Waals surface area contributed by atoms with Gasteiger partial charge in [0.25, 0.3) is 0 Å². The summed E-state index contributed by atoms with van der Waals surface area (Å²) in [6.07, 6.45) is 32.4. The van der Waals surface area contributed by atoms with Gasteiger partial charge in [0.15, 0.2) is 6.10 Å². The van der Waals surface area contributed by atoms with Gasteiger partial charge in [0, 0.05) is 19.4 Å². The van der Waals surface area contributed by atoms with E-state index < -0.39 is 26.5 Å². The molecular weight excluding hydrogens is 617 g/mol. The molecule has 0 rings (SSSR count). The lowest BCUT2D eigenvalue weighted by molar-refractivity contribution is -0.161. The molecule has 0 aliphatic heterocycles. The van der Waals surface area contributed by atoms with E-state index in [-0.39, 0.29) is 38.6 Å². The maximum absolute atomic E-state index is 12.5. The van der Waals surface area contributed by atoms with Gasteiger partial charge in [0.2, 0.25) is 0 Å². The van der Waals surface area contributed by atoms with E-state index in [1.165, 1.54) is 103 Å². The highest BCUT2D eigenvalue weighted by Crippen LogP contribution is 2.43. The molecule has 0 radical (unpaired) electrons. The second-order valence-corrected chi connectivity index (χ2v) is 14.3. The lowest BCUT2D eigenvalue weighted by Gasteiger charge is -2.19. The van der Waals surface area contributed by atoms with Crippen LogP contribution in [0.2, 0.25) is 0 Å². The number of carbonyl (C=O) groups is 2. The number of ether oxygens (including phenoxy) is 2. The molecule has 278 valence electrons. The molecule has 1 unspecified atom stereocenters. The highest BCUT2D eigenvalue weighted by molar-refractivity contribution is 7.47. The van der Waals surface area contributed by atoms with Crippen LogP contribution in [-0.4, -0.2) is 49.3 Å². The second-order valence-electron chi connectivity index (χ2n) is 12.8. The molecule has 10 heteroatoms. The number of rotatable bonds is 36. The molecule has 0 amide bonds. The van der Waals surface area contributed by atoms with E-state index in [2.05, 4.69) is 26.0 Å². The Balaban J connectivity index is 4.21. The zero-order valence-electron chi connectivity index (χ0n) is 30.3. The van der Waals surface area contributed by atoms with E-state index in [0.717, 1.165) is 44.9 Å². The highest BCUT2D eigenvalue weighted by Gasteiger charge is 2.25. The molecule has 9 nitrogen and oxygen atoms in total. The predicted octanol–water partition coefficient (Wildman–Crippen LogP) is 10.3. The molecule has 2 atom stereocenters. The van der Waals surface area contributed by atoms with Crippen molar-refractivity contribution in [2.75, 3.05) is 26.4 Å². The quantitative estimate of drug-likeness (QED) is 0.0285. The summed E-state index contributed by atoms with van der Waals surface area (Å²) in [7, 11) is -4.36. The zero-order valence-corrected chi connectivity index (χ0v) is 31.2. The van der Waals surface area contributed by atoms with Crippen molar-refractivity contribution in [1.82, 2.24) is 0 Å². The monoisotopic (exact) mass is 689 g/mol. The summed E-state index contributed by atoms with van der Waals surface area (Å²) in [5.41, 5.74) is 5.33. The molecule has 0 spiro atoms. The van der Waals surface area contributed by atoms with Gasteiger partial charge in [-0.2, -0.15) is 0 Å². The minimum absolute atomic E-state index is 0.0551. The van der Waals surface area contributed by atoms with Crippen molar-refractivity contribution in [3.8, 4) is 0 Å². The smallest absolute Gasteiger partial charge is 0.462 e. The lowest BCUT2D eigenvalue weighted by Crippen LogP contribution is -2.29. The Hall–Kier alpha value is -1.25. The number of unbranched alkanes of at least 4 members (excludes halogenated alkanes) is 21. The van der Waals surface area contributed by atoms with Crippen molar-refractivity contribution in [3.63, 3.8) is 0 Å². The maximum Gasteiger partial charge on any atom is 0.472 e. The molecule has 0 heterocycles. The van der Waals surface area contributed by atoms with Crippen molar-refractivity contribution in [1.29, 1.82) is 0 Å². The summed E-state index contributed by atoms with van der Waals surface area (Å²) in [5.74, 6) is -0.830. The van der Waals surface area contributed by atoms with E-state index >= 15 is 0 Å². The van der Waals surface area contributed by atoms with Crippen LogP contribution in [0.15, 0.2) is 12.2 Å². The van der Waals surface area contributed by atoms with E-state index in [0.29, 0.717) is 6.42 Å². The van der Waals surface area contributed by atoms with Crippen molar-refractivity contribution in [2.24, 2.45) is 5.73 Å². The molecule has 3 N–H and O–H groups in total. The fourth-order valence-electron chi connectivity index (χ4n) is 5.28. The first-order valence-electron chi connectivity index (χ1n) is 19.2. The summed E-state index contributed by atoms with van der Waals surface area (Å²) >= 11 is 0. The third-order valence-electron chi connectivity index (χ3n) is 8.15. The fraction of sp³-hybridized carbons (Fsp3) is 0.892. The van der Waals surface area contributed by atoms with Crippen LogP contribution in [0.4, 0.5) is 0 Å². The number of hydrogen-bond acceptors (Lipinski definition) is 8. The highest BCUT2D eigenvalue weighted by atomic mass is 31.2. The van der Waals surface area contributed by atoms with Crippen molar-refractivity contribution in [2.45, 2.75) is 187 Å². The molecule has 47 heavy (non-hydrogen) atoms. The average molecular weight is 690 g/mol. The Kier molecular flexibility index (Phi) is 33.7. The Morgan fingerprint density at radius 2 is 1.04 bits per heavy atom. The molecule has 0 aromatic heterocycles. The van der Waals surface area contributed by atoms with Crippen LogP contribution in [0.3, 0.4) is 0 Å². The van der Waals surface area contributed by atoms with Crippen LogP contribution in [-0.2, 0) is 32.7 Å². The van der Waals surface area contributed by atoms with Crippen molar-refractivity contribution >= 4 is 19.8 Å². The van der Waals surface area contributed by atoms with Crippen LogP contribution >= 0.6 is 7.82 Å². The van der Waals surface area contributed by atoms with E-state index in [4.69, 9.17) is 24.3 Å². The molecule has 0 aliphatic carbocycles. The minimum Gasteiger partial charge on any atom is -0.462 e. The largest absolute Gasteiger partial charge is 0.472 e. The Morgan fingerprint density at radius 1 is 0.617 bits per heavy atom. The fourth-order valence-corrected chi connectivity index (χ4v) is 6.04. The maximum atomic E-state index is 12.5. The van der Waals surface area contributed by atoms with Crippen LogP contribution in [0, 0.1) is 0 Å². The van der Waals surface area contributed by atoms with Gasteiger partial charge in [-0.1, -0.05) is 142 Å². The summed E-state index contributed by atoms with van der Waals surface area (Å²) < 4.78 is 32.6. The Morgan fingerprint density at radius 3 is 1.53 bits per heavy atom. The van der Waals surface area contributed by atoms with Gasteiger partial charge < -0.3 is 20.1 Å². The molecular formula is C37H72NO8P. The number of hydrogen-bond donors (Lipinski definition) is 2. The lowest BCUT2D eigenvalue weighted by atomic mass is 10.1. The number of phosphoric ester groups is 1. The standard InChI is InChI=1S/C37H72NO8P/c1-3-5-7-9-11-13-15-16-17-18-20-22-24-26-28-30-37(40)46-35(34-45-47(41,42)44-32-31-38)33-43-36(39)29-27-25-23-21-19-14-12-10-8-6-4-2/h13,15,35H,3-12,14,16-34,38H2,1-2H3,(H,41,42)/b15-13-/t35-/m1/s1. The minimum atomic E-state index is -4.36. The van der Waals surface area contributed by atoms with E-state index in [1.807, 2.05) is 0 Å². The molecule has 0 aliphatic rings. The normalized spacial score (nSPS) is 13.5. The van der Waals surface area contributed by atoms with E-state index in [9.17, 15) is 19.0 Å². The van der Waals surface area contributed by atoms with Gasteiger partial charge in [0.1, 0.15) is 6.61 Å². The molecule has 0 aromatic carbocycles. The van der Waals surface area contributed by atoms with Gasteiger partial charge in [-0.3, -0.25) is 18.6 Å². The molecule has 0 saturated carbocycles. The summed E-state index contributed by atoms with van der Waals surface area (Å²) in [4.78, 5) is 34.7. The second kappa shape index (κ2) is 34.6. The van der Waals surface area contributed by atoms with Gasteiger partial charge in [-0.15, -0.1) is 0 Å². The molecule has 0 saturated heterocycles. The van der Waals surface area contributed by atoms with Gasteiger partial charge in [-0.05, 0) is 38.5 Å². The van der Waals surface area contributed by atoms with Crippen LogP contribution in [0.25, 0.3) is 0 Å². The predicted molar refractivity (Wildman–Crippen MR) is 192 cm³/mol. The molecule has 0 fully saturated rings. The number of esters is 2. The van der Waals surface area contributed by atoms with Crippen LogP contribution in [0.1, 0.15) is 181 Å². The molecule has 0 aromatic rings. The number of nitrogens with two attached hydrogens (primary N) is 1. The van der Waals surface area contributed by atoms with Crippen LogP contribution in [0.5, 0.6) is 0 Å². The van der Waals surface area contributed by atoms with Crippen molar-refractivity contribution < 1.29 is 37.6 Å². The third-order valence-corrected chi connectivity index (χ3v) is 9.14. The number of allylic oxidation sites excluding steroid dienone is 2. The molecule has 0 bridgehead atoms. The third kappa shape index (κ3) is 34.4. The summed E-state index contributed by atoms with van der Waals surface area (Å²) in [6.45, 7) is 3.71. The SMILES string of the molecule is CCCCCC/C=C\CCCCCCCCCC(=O)O[C@H](COC(=O)CCCCCCCCCCCCC)COP(=O)(O)OCCN. The summed E-state index contributed by atoms with van der Waals surface area (Å²) in [6, 6.07) is 0. The Bertz CT molecular complexity index is 794. The Labute approximate surface area is 288 Å². The van der Waals surface area contributed by atoms with Gasteiger partial charge >= 0.3 is 19.8 Å². The summed E-state index contributed by atoms with van der Waals surface area (Å²) in [5, 5.41) is 0. The first kappa shape index (κ1) is 45.8. The van der Waals surface area contributed by atoms with Gasteiger partial charge in [0.05, 0.1) is 13.2 Å². The first-order chi connectivity index (χ1) is 22.8. The number of phosphoric acid groups is 1. The topological polar surface area (TPSA) is 134 Å². The first-order valence-corrected chi connectivity index (χ1v) is 20.7. The van der Waals surface area contributed by atoms with E-state index in [1.54, 1.807) is 0 Å². The number of carbonyl (C=O) groups excluding carboxylic acids is 2. The van der Waals surface area contributed by atoms with Crippen LogP contribution < -0.4 is 5.73 Å². The van der Waals surface area contributed by atoms with Crippen molar-refractivity contribution in [3.05, 3.63) is 12.2 Å². The van der Waals surface area contributed by atoms with Gasteiger partial charge in [-0.25, -0.2) is 4.57 Å². The zero-order chi connectivity index (χ0) is 34.7. The average Bonchev–Trinajstić information content (AvgIpc) is 3.05.